The average Bonchev–Trinajstić information content (AvgIpc) is 2.44. The highest BCUT2D eigenvalue weighted by molar-refractivity contribution is 5.96. The molecule has 1 rings (SSSR count). The highest BCUT2D eigenvalue weighted by Crippen LogP contribution is 2.25. The van der Waals surface area contributed by atoms with Gasteiger partial charge in [0.25, 0.3) is 5.91 Å². The molecule has 0 fully saturated rings. The fourth-order valence-electron chi connectivity index (χ4n) is 2.04. The van der Waals surface area contributed by atoms with Crippen LogP contribution in [-0.2, 0) is 0 Å². The van der Waals surface area contributed by atoms with Gasteiger partial charge < -0.3 is 21.1 Å². The fraction of sp³-hybridized carbons (Fsp3) is 0.533. The van der Waals surface area contributed by atoms with Crippen molar-refractivity contribution in [1.29, 1.82) is 0 Å². The average molecular weight is 279 g/mol. The first-order chi connectivity index (χ1) is 9.63. The number of unbranched alkanes of at least 4 members (excludes halogenated alkanes) is 1. The van der Waals surface area contributed by atoms with Gasteiger partial charge in [-0.2, -0.15) is 0 Å². The smallest absolute Gasteiger partial charge is 0.251 e. The van der Waals surface area contributed by atoms with Crippen molar-refractivity contribution in [3.05, 3.63) is 23.8 Å². The predicted molar refractivity (Wildman–Crippen MR) is 83.1 cm³/mol. The van der Waals surface area contributed by atoms with Crippen molar-refractivity contribution in [3.63, 3.8) is 0 Å². The third-order valence-electron chi connectivity index (χ3n) is 3.12. The van der Waals surface area contributed by atoms with Crippen molar-refractivity contribution in [2.45, 2.75) is 26.7 Å². The number of rotatable bonds is 8. The summed E-state index contributed by atoms with van der Waals surface area (Å²) < 4.78 is 0. The van der Waals surface area contributed by atoms with Crippen LogP contribution in [0, 0.1) is 0 Å². The summed E-state index contributed by atoms with van der Waals surface area (Å²) in [6, 6.07) is 5.27. The van der Waals surface area contributed by atoms with Crippen LogP contribution in [0.4, 0.5) is 11.4 Å². The number of benzene rings is 1. The Kier molecular flexibility index (Phi) is 6.87. The van der Waals surface area contributed by atoms with Gasteiger partial charge in [0.2, 0.25) is 0 Å². The van der Waals surface area contributed by atoms with Gasteiger partial charge in [-0.25, -0.2) is 0 Å². The number of hydrogen-bond acceptors (Lipinski definition) is 4. The minimum atomic E-state index is -0.104. The summed E-state index contributed by atoms with van der Waals surface area (Å²) in [6.07, 6.45) is 2.09. The SMILES string of the molecule is CCCCN(CCO)c1cc(C(=O)NCC)ccc1N. The molecule has 0 aliphatic carbocycles. The van der Waals surface area contributed by atoms with Gasteiger partial charge in [-0.3, -0.25) is 4.79 Å². The molecule has 4 N–H and O–H groups in total. The number of nitrogens with two attached hydrogens (primary N) is 1. The predicted octanol–water partition coefficient (Wildman–Crippen LogP) is 1.62. The summed E-state index contributed by atoms with van der Waals surface area (Å²) in [7, 11) is 0. The number of nitrogens with zero attached hydrogens (tertiary/aromatic N) is 1. The van der Waals surface area contributed by atoms with E-state index in [1.165, 1.54) is 0 Å². The summed E-state index contributed by atoms with van der Waals surface area (Å²) in [4.78, 5) is 13.9. The molecular weight excluding hydrogens is 254 g/mol. The highest BCUT2D eigenvalue weighted by Gasteiger charge is 2.12. The maximum absolute atomic E-state index is 11.9. The molecule has 0 saturated carbocycles. The normalized spacial score (nSPS) is 10.3. The van der Waals surface area contributed by atoms with E-state index in [0.29, 0.717) is 24.3 Å². The molecule has 0 aliphatic rings. The third-order valence-corrected chi connectivity index (χ3v) is 3.12. The highest BCUT2D eigenvalue weighted by atomic mass is 16.3. The molecule has 0 bridgehead atoms. The van der Waals surface area contributed by atoms with Crippen molar-refractivity contribution in [1.82, 2.24) is 5.32 Å². The molecule has 1 aromatic carbocycles. The largest absolute Gasteiger partial charge is 0.397 e. The van der Waals surface area contributed by atoms with Gasteiger partial charge in [0, 0.05) is 25.2 Å². The van der Waals surface area contributed by atoms with Crippen molar-refractivity contribution in [2.24, 2.45) is 0 Å². The molecule has 20 heavy (non-hydrogen) atoms. The number of anilines is 2. The number of nitrogens with one attached hydrogen (secondary N) is 1. The van der Waals surface area contributed by atoms with E-state index in [4.69, 9.17) is 5.73 Å². The van der Waals surface area contributed by atoms with Gasteiger partial charge in [-0.05, 0) is 31.5 Å². The number of carbonyl (C=O) groups is 1. The molecular formula is C15H25N3O2. The van der Waals surface area contributed by atoms with E-state index in [1.54, 1.807) is 18.2 Å². The number of aliphatic hydroxyl groups is 1. The van der Waals surface area contributed by atoms with Crippen molar-refractivity contribution in [3.8, 4) is 0 Å². The molecule has 5 heteroatoms. The van der Waals surface area contributed by atoms with Crippen LogP contribution < -0.4 is 16.0 Å². The minimum absolute atomic E-state index is 0.0640. The molecule has 0 radical (unpaired) electrons. The molecule has 0 aromatic heterocycles. The Balaban J connectivity index is 3.00. The zero-order chi connectivity index (χ0) is 15.0. The summed E-state index contributed by atoms with van der Waals surface area (Å²) in [5.41, 5.74) is 8.05. The lowest BCUT2D eigenvalue weighted by Crippen LogP contribution is -2.29. The quantitative estimate of drug-likeness (QED) is 0.632. The monoisotopic (exact) mass is 279 g/mol. The first-order valence-corrected chi connectivity index (χ1v) is 7.17. The Hall–Kier alpha value is -1.75. The number of nitrogen functional groups attached to an aromatic ring is 1. The van der Waals surface area contributed by atoms with E-state index < -0.39 is 0 Å². The molecule has 0 unspecified atom stereocenters. The summed E-state index contributed by atoms with van der Waals surface area (Å²) >= 11 is 0. The first-order valence-electron chi connectivity index (χ1n) is 7.17. The van der Waals surface area contributed by atoms with Gasteiger partial charge in [-0.1, -0.05) is 13.3 Å². The van der Waals surface area contributed by atoms with Gasteiger partial charge in [-0.15, -0.1) is 0 Å². The number of hydrogen-bond donors (Lipinski definition) is 3. The Morgan fingerprint density at radius 1 is 1.35 bits per heavy atom. The molecule has 0 aliphatic heterocycles. The molecule has 0 saturated heterocycles. The maximum atomic E-state index is 11.9. The van der Waals surface area contributed by atoms with Crippen LogP contribution in [0.5, 0.6) is 0 Å². The van der Waals surface area contributed by atoms with Crippen LogP contribution in [0.15, 0.2) is 18.2 Å². The molecule has 1 aromatic rings. The first kappa shape index (κ1) is 16.3. The fourth-order valence-corrected chi connectivity index (χ4v) is 2.04. The van der Waals surface area contributed by atoms with Crippen LogP contribution in [0.2, 0.25) is 0 Å². The van der Waals surface area contributed by atoms with Gasteiger partial charge in [0.15, 0.2) is 0 Å². The number of carbonyl (C=O) groups excluding carboxylic acids is 1. The van der Waals surface area contributed by atoms with E-state index in [1.807, 2.05) is 11.8 Å². The van der Waals surface area contributed by atoms with E-state index in [-0.39, 0.29) is 12.5 Å². The molecule has 0 spiro atoms. The Morgan fingerprint density at radius 3 is 2.70 bits per heavy atom. The van der Waals surface area contributed by atoms with Crippen LogP contribution in [0.3, 0.4) is 0 Å². The lowest BCUT2D eigenvalue weighted by Gasteiger charge is -2.25. The van der Waals surface area contributed by atoms with E-state index >= 15 is 0 Å². The van der Waals surface area contributed by atoms with Crippen LogP contribution in [-0.4, -0.2) is 37.3 Å². The topological polar surface area (TPSA) is 78.6 Å². The second kappa shape index (κ2) is 8.43. The van der Waals surface area contributed by atoms with E-state index in [2.05, 4.69) is 12.2 Å². The molecule has 0 heterocycles. The zero-order valence-corrected chi connectivity index (χ0v) is 12.4. The van der Waals surface area contributed by atoms with Crippen molar-refractivity contribution >= 4 is 17.3 Å². The lowest BCUT2D eigenvalue weighted by molar-refractivity contribution is 0.0956. The second-order valence-electron chi connectivity index (χ2n) is 4.70. The van der Waals surface area contributed by atoms with E-state index in [9.17, 15) is 9.90 Å². The van der Waals surface area contributed by atoms with Gasteiger partial charge in [0.05, 0.1) is 18.0 Å². The van der Waals surface area contributed by atoms with Crippen molar-refractivity contribution < 1.29 is 9.90 Å². The second-order valence-corrected chi connectivity index (χ2v) is 4.70. The standard InChI is InChI=1S/C15H25N3O2/c1-3-5-8-18(9-10-19)14-11-12(6-7-13(14)16)15(20)17-4-2/h6-7,11,19H,3-5,8-10,16H2,1-2H3,(H,17,20). The van der Waals surface area contributed by atoms with E-state index in [0.717, 1.165) is 25.1 Å². The van der Waals surface area contributed by atoms with Crippen LogP contribution >= 0.6 is 0 Å². The Morgan fingerprint density at radius 2 is 2.10 bits per heavy atom. The summed E-state index contributed by atoms with van der Waals surface area (Å²) in [5.74, 6) is -0.104. The summed E-state index contributed by atoms with van der Waals surface area (Å²) in [5, 5.41) is 12.0. The minimum Gasteiger partial charge on any atom is -0.397 e. The van der Waals surface area contributed by atoms with Crippen LogP contribution in [0.25, 0.3) is 0 Å². The maximum Gasteiger partial charge on any atom is 0.251 e. The molecule has 1 amide bonds. The van der Waals surface area contributed by atoms with Crippen LogP contribution in [0.1, 0.15) is 37.0 Å². The number of amides is 1. The van der Waals surface area contributed by atoms with Gasteiger partial charge >= 0.3 is 0 Å². The molecule has 112 valence electrons. The third kappa shape index (κ3) is 4.42. The summed E-state index contributed by atoms with van der Waals surface area (Å²) in [6.45, 7) is 5.99. The van der Waals surface area contributed by atoms with Crippen molar-refractivity contribution in [2.75, 3.05) is 36.9 Å². The van der Waals surface area contributed by atoms with Gasteiger partial charge in [0.1, 0.15) is 0 Å². The number of aliphatic hydroxyl groups excluding tert-OH is 1. The lowest BCUT2D eigenvalue weighted by atomic mass is 10.1. The Bertz CT molecular complexity index is 435. The molecule has 0 atom stereocenters. The Labute approximate surface area is 120 Å². The zero-order valence-electron chi connectivity index (χ0n) is 12.4. The molecule has 5 nitrogen and oxygen atoms in total.